The molecule has 3 heteroatoms. The molecule has 5 heterocycles. The number of aromatic nitrogens is 3. The van der Waals surface area contributed by atoms with E-state index in [4.69, 9.17) is 4.98 Å². The lowest BCUT2D eigenvalue weighted by atomic mass is 9.84. The molecule has 36 heavy (non-hydrogen) atoms. The summed E-state index contributed by atoms with van der Waals surface area (Å²) in [5.74, 6) is 0.400. The summed E-state index contributed by atoms with van der Waals surface area (Å²) >= 11 is 0. The lowest BCUT2D eigenvalue weighted by Gasteiger charge is -2.24. The van der Waals surface area contributed by atoms with Crippen LogP contribution in [0, 0.1) is 6.92 Å². The van der Waals surface area contributed by atoms with Crippen LogP contribution in [0.5, 0.6) is 0 Å². The van der Waals surface area contributed by atoms with Gasteiger partial charge in [-0.3, -0.25) is 4.98 Å². The van der Waals surface area contributed by atoms with Gasteiger partial charge in [0.25, 0.3) is 5.69 Å². The highest BCUT2D eigenvalue weighted by Crippen LogP contribution is 2.49. The Labute approximate surface area is 210 Å². The summed E-state index contributed by atoms with van der Waals surface area (Å²) in [4.78, 5) is 4.70. The lowest BCUT2D eigenvalue weighted by Crippen LogP contribution is -2.49. The van der Waals surface area contributed by atoms with Crippen molar-refractivity contribution in [2.45, 2.75) is 25.3 Å². The Morgan fingerprint density at radius 3 is 2.50 bits per heavy atom. The van der Waals surface area contributed by atoms with E-state index < -0.39 is 0 Å². The number of hydrogen-bond donors (Lipinski definition) is 0. The minimum Gasteiger partial charge on any atom is -0.256 e. The average molecular weight is 464 g/mol. The van der Waals surface area contributed by atoms with Gasteiger partial charge in [0.1, 0.15) is 0 Å². The van der Waals surface area contributed by atoms with E-state index in [1.807, 2.05) is 12.3 Å². The first-order chi connectivity index (χ1) is 17.8. The van der Waals surface area contributed by atoms with E-state index in [0.29, 0.717) is 5.92 Å². The fourth-order valence-electron chi connectivity index (χ4n) is 6.75. The van der Waals surface area contributed by atoms with Crippen LogP contribution in [-0.4, -0.2) is 4.98 Å². The quantitative estimate of drug-likeness (QED) is 0.212. The second-order valence-electron chi connectivity index (χ2n) is 10.1. The SMILES string of the molecule is Cc1cc2c3ccccc3c3c([n+]2cc1-c1ccccn1)C1C(C3)c2ccccc2-c2cccc[n+]21. The van der Waals surface area contributed by atoms with Crippen LogP contribution in [-0.2, 0) is 6.42 Å². The number of aryl methyl sites for hydroxylation is 1. The number of pyridine rings is 4. The largest absolute Gasteiger partial charge is 0.261 e. The molecule has 2 aromatic carbocycles. The van der Waals surface area contributed by atoms with Crippen molar-refractivity contribution in [1.82, 2.24) is 4.98 Å². The van der Waals surface area contributed by atoms with Crippen LogP contribution in [0.25, 0.3) is 38.8 Å². The number of benzene rings is 2. The Morgan fingerprint density at radius 1 is 0.806 bits per heavy atom. The summed E-state index contributed by atoms with van der Waals surface area (Å²) in [6, 6.07) is 33.3. The first-order valence-electron chi connectivity index (χ1n) is 12.7. The van der Waals surface area contributed by atoms with E-state index in [1.54, 1.807) is 0 Å². The van der Waals surface area contributed by atoms with Crippen LogP contribution >= 0.6 is 0 Å². The van der Waals surface area contributed by atoms with Crippen molar-refractivity contribution in [1.29, 1.82) is 0 Å². The molecule has 2 atom stereocenters. The molecule has 0 saturated carbocycles. The summed E-state index contributed by atoms with van der Waals surface area (Å²) in [6.07, 6.45) is 7.53. The van der Waals surface area contributed by atoms with Gasteiger partial charge in [-0.05, 0) is 60.2 Å². The standard InChI is InChI=1S/C33H25N3/c1-21-18-31-25-13-5-3-11-23(25)27-19-26-22-10-2-4-12-24(22)30-15-7-9-17-35(30)32(26)33(27)36(31)20-28(21)29-14-6-8-16-34-29/h2-18,20,26,32H,19H2,1H3/q+2. The van der Waals surface area contributed by atoms with Gasteiger partial charge in [-0.25, -0.2) is 0 Å². The molecule has 0 saturated heterocycles. The summed E-state index contributed by atoms with van der Waals surface area (Å²) in [7, 11) is 0. The monoisotopic (exact) mass is 463 g/mol. The Kier molecular flexibility index (Phi) is 4.04. The molecule has 0 amide bonds. The molecule has 2 unspecified atom stereocenters. The molecule has 0 spiro atoms. The van der Waals surface area contributed by atoms with Gasteiger partial charge in [0.05, 0.1) is 22.6 Å². The normalized spacial score (nSPS) is 17.5. The molecule has 2 aliphatic rings. The topological polar surface area (TPSA) is 20.9 Å². The number of rotatable bonds is 1. The number of nitrogens with zero attached hydrogens (tertiary/aromatic N) is 3. The smallest absolute Gasteiger partial charge is 0.256 e. The van der Waals surface area contributed by atoms with Gasteiger partial charge < -0.3 is 0 Å². The third kappa shape index (κ3) is 2.60. The molecule has 8 rings (SSSR count). The molecule has 3 nitrogen and oxygen atoms in total. The summed E-state index contributed by atoms with van der Waals surface area (Å²) in [6.45, 7) is 2.20. The van der Waals surface area contributed by atoms with Crippen molar-refractivity contribution >= 4 is 16.3 Å². The maximum Gasteiger partial charge on any atom is 0.261 e. The van der Waals surface area contributed by atoms with Crippen LogP contribution < -0.4 is 8.97 Å². The van der Waals surface area contributed by atoms with Gasteiger partial charge in [-0.1, -0.05) is 42.5 Å². The van der Waals surface area contributed by atoms with Crippen molar-refractivity contribution < 1.29 is 8.97 Å². The Balaban J connectivity index is 1.52. The van der Waals surface area contributed by atoms with Crippen molar-refractivity contribution in [3.05, 3.63) is 132 Å². The molecule has 6 aromatic rings. The lowest BCUT2D eigenvalue weighted by molar-refractivity contribution is -0.724. The van der Waals surface area contributed by atoms with Crippen molar-refractivity contribution in [2.75, 3.05) is 0 Å². The van der Waals surface area contributed by atoms with Gasteiger partial charge >= 0.3 is 0 Å². The van der Waals surface area contributed by atoms with E-state index in [9.17, 15) is 0 Å². The molecule has 4 aromatic heterocycles. The zero-order valence-corrected chi connectivity index (χ0v) is 20.1. The summed E-state index contributed by atoms with van der Waals surface area (Å²) in [5, 5.41) is 2.69. The molecule has 0 N–H and O–H groups in total. The van der Waals surface area contributed by atoms with E-state index >= 15 is 0 Å². The first kappa shape index (κ1) is 19.9. The van der Waals surface area contributed by atoms with Crippen LogP contribution in [0.4, 0.5) is 0 Å². The Morgan fingerprint density at radius 2 is 1.61 bits per heavy atom. The zero-order chi connectivity index (χ0) is 23.8. The minimum atomic E-state index is 0.238. The number of fused-ring (bicyclic) bond motifs is 13. The predicted molar refractivity (Wildman–Crippen MR) is 142 cm³/mol. The van der Waals surface area contributed by atoms with Crippen LogP contribution in [0.3, 0.4) is 0 Å². The van der Waals surface area contributed by atoms with Gasteiger partial charge in [-0.2, -0.15) is 8.97 Å². The van der Waals surface area contributed by atoms with Gasteiger partial charge in [0.2, 0.25) is 17.3 Å². The van der Waals surface area contributed by atoms with E-state index in [2.05, 4.69) is 113 Å². The third-order valence-corrected chi connectivity index (χ3v) is 8.24. The molecule has 0 radical (unpaired) electrons. The molecular formula is C33H25N3+2. The average Bonchev–Trinajstić information content (AvgIpc) is 3.35. The predicted octanol–water partition coefficient (Wildman–Crippen LogP) is 6.15. The highest BCUT2D eigenvalue weighted by atomic mass is 15.1. The van der Waals surface area contributed by atoms with Crippen LogP contribution in [0.2, 0.25) is 0 Å². The van der Waals surface area contributed by atoms with Crippen LogP contribution in [0.15, 0.2) is 110 Å². The fourth-order valence-corrected chi connectivity index (χ4v) is 6.75. The maximum absolute atomic E-state index is 4.70. The Bertz CT molecular complexity index is 1840. The third-order valence-electron chi connectivity index (χ3n) is 8.24. The second kappa shape index (κ2) is 7.32. The van der Waals surface area contributed by atoms with Crippen molar-refractivity contribution in [2.24, 2.45) is 0 Å². The minimum absolute atomic E-state index is 0.238. The maximum atomic E-state index is 4.70. The molecule has 1 aliphatic carbocycles. The molecule has 0 fully saturated rings. The summed E-state index contributed by atoms with van der Waals surface area (Å²) < 4.78 is 5.00. The van der Waals surface area contributed by atoms with Crippen molar-refractivity contribution in [3.63, 3.8) is 0 Å². The van der Waals surface area contributed by atoms with Crippen LogP contribution in [0.1, 0.15) is 34.3 Å². The highest BCUT2D eigenvalue weighted by molar-refractivity contribution is 5.97. The van der Waals surface area contributed by atoms with E-state index in [0.717, 1.165) is 12.1 Å². The second-order valence-corrected chi connectivity index (χ2v) is 10.1. The van der Waals surface area contributed by atoms with E-state index in [1.165, 1.54) is 55.5 Å². The highest BCUT2D eigenvalue weighted by Gasteiger charge is 2.52. The Hall–Kier alpha value is -4.37. The fraction of sp³-hybridized carbons (Fsp3) is 0.121. The summed E-state index contributed by atoms with van der Waals surface area (Å²) in [5.41, 5.74) is 11.7. The first-order valence-corrected chi connectivity index (χ1v) is 12.7. The molecule has 0 bridgehead atoms. The van der Waals surface area contributed by atoms with E-state index in [-0.39, 0.29) is 6.04 Å². The van der Waals surface area contributed by atoms with Gasteiger partial charge in [-0.15, -0.1) is 0 Å². The molecule has 1 aliphatic heterocycles. The zero-order valence-electron chi connectivity index (χ0n) is 20.1. The number of hydrogen-bond acceptors (Lipinski definition) is 1. The molecule has 170 valence electrons. The molecular weight excluding hydrogens is 438 g/mol. The van der Waals surface area contributed by atoms with Crippen molar-refractivity contribution in [3.8, 4) is 22.5 Å². The van der Waals surface area contributed by atoms with Gasteiger partial charge in [0, 0.05) is 35.5 Å². The van der Waals surface area contributed by atoms with Gasteiger partial charge in [0.15, 0.2) is 12.4 Å².